The topological polar surface area (TPSA) is 119 Å². The number of fused-ring (bicyclic) bond motifs is 2. The first-order valence-corrected chi connectivity index (χ1v) is 12.2. The van der Waals surface area contributed by atoms with E-state index in [0.717, 1.165) is 12.8 Å². The smallest absolute Gasteiger partial charge is 0.255 e. The Kier molecular flexibility index (Phi) is 5.96. The van der Waals surface area contributed by atoms with Gasteiger partial charge in [0.05, 0.1) is 17.5 Å². The Morgan fingerprint density at radius 3 is 2.60 bits per heavy atom. The van der Waals surface area contributed by atoms with E-state index in [9.17, 15) is 18.4 Å². The first kappa shape index (κ1) is 23.6. The number of aryl methyl sites for hydroxylation is 1. The van der Waals surface area contributed by atoms with Crippen LogP contribution in [0.4, 0.5) is 14.6 Å². The first-order valence-electron chi connectivity index (χ1n) is 12.2. The van der Waals surface area contributed by atoms with Gasteiger partial charge in [-0.3, -0.25) is 14.3 Å². The summed E-state index contributed by atoms with van der Waals surface area (Å²) >= 11 is 0. The maximum atomic E-state index is 14.0. The number of nitrogens with one attached hydrogen (secondary N) is 1. The zero-order valence-corrected chi connectivity index (χ0v) is 20.0. The minimum atomic E-state index is -2.73. The van der Waals surface area contributed by atoms with Crippen molar-refractivity contribution >= 4 is 17.6 Å². The Morgan fingerprint density at radius 1 is 1.14 bits per heavy atom. The number of amides is 2. The molecular formula is C24H31F2N7O2. The normalized spacial score (nSPS) is 27.6. The van der Waals surface area contributed by atoms with Crippen molar-refractivity contribution < 1.29 is 18.4 Å². The van der Waals surface area contributed by atoms with E-state index >= 15 is 0 Å². The molecular weight excluding hydrogens is 456 g/mol. The SMILES string of the molecule is Cc1c(-c2cnn(C)c2)nnc(N2CCCC(F)(F)CC2)c1C(=O)NC1CC(C(N)=O)C2CC1C2. The minimum absolute atomic E-state index is 0.0884. The van der Waals surface area contributed by atoms with Crippen LogP contribution in [0.15, 0.2) is 12.4 Å². The number of carbonyl (C=O) groups is 2. The summed E-state index contributed by atoms with van der Waals surface area (Å²) in [6, 6.07) is -0.166. The van der Waals surface area contributed by atoms with E-state index in [0.29, 0.717) is 59.4 Å². The van der Waals surface area contributed by atoms with E-state index < -0.39 is 5.92 Å². The predicted molar refractivity (Wildman–Crippen MR) is 125 cm³/mol. The third kappa shape index (κ3) is 4.48. The van der Waals surface area contributed by atoms with E-state index in [1.807, 2.05) is 0 Å². The molecule has 0 spiro atoms. The molecule has 3 N–H and O–H groups in total. The molecule has 35 heavy (non-hydrogen) atoms. The molecule has 2 aromatic heterocycles. The molecule has 4 fully saturated rings. The van der Waals surface area contributed by atoms with E-state index in [4.69, 9.17) is 5.73 Å². The van der Waals surface area contributed by atoms with Crippen molar-refractivity contribution in [3.8, 4) is 11.3 Å². The molecule has 2 unspecified atom stereocenters. The number of anilines is 1. The fourth-order valence-electron chi connectivity index (χ4n) is 5.89. The standard InChI is InChI=1S/C24H31F2N7O2/c1-13-19(23(35)29-18-10-17(21(27)34)14-8-15(18)9-14)22(33-6-3-4-24(25,26)5-7-33)31-30-20(13)16-11-28-32(2)12-16/h11-12,14-15,17-18H,3-10H2,1-2H3,(H2,27,34)(H,29,35). The lowest BCUT2D eigenvalue weighted by atomic mass is 9.57. The van der Waals surface area contributed by atoms with Gasteiger partial charge in [-0.15, -0.1) is 10.2 Å². The molecule has 9 nitrogen and oxygen atoms in total. The van der Waals surface area contributed by atoms with Gasteiger partial charge in [0.25, 0.3) is 5.91 Å². The van der Waals surface area contributed by atoms with Gasteiger partial charge in [-0.2, -0.15) is 5.10 Å². The van der Waals surface area contributed by atoms with Crippen molar-refractivity contribution in [1.29, 1.82) is 0 Å². The number of nitrogens with zero attached hydrogens (tertiary/aromatic N) is 5. The summed E-state index contributed by atoms with van der Waals surface area (Å²) < 4.78 is 29.7. The van der Waals surface area contributed by atoms with Crippen LogP contribution in [0.1, 0.15) is 54.4 Å². The van der Waals surface area contributed by atoms with Crippen LogP contribution in [0, 0.1) is 24.7 Å². The molecule has 11 heteroatoms. The van der Waals surface area contributed by atoms with E-state index in [-0.39, 0.29) is 43.2 Å². The van der Waals surface area contributed by atoms with Crippen molar-refractivity contribution in [2.24, 2.45) is 30.5 Å². The third-order valence-corrected chi connectivity index (χ3v) is 7.96. The highest BCUT2D eigenvalue weighted by atomic mass is 19.3. The lowest BCUT2D eigenvalue weighted by molar-refractivity contribution is -0.129. The summed E-state index contributed by atoms with van der Waals surface area (Å²) in [5, 5.41) is 16.1. The van der Waals surface area contributed by atoms with Crippen molar-refractivity contribution in [2.75, 3.05) is 18.0 Å². The Hall–Kier alpha value is -3.11. The molecule has 3 aliphatic carbocycles. The Morgan fingerprint density at radius 2 is 1.91 bits per heavy atom. The van der Waals surface area contributed by atoms with Crippen LogP contribution in [0.25, 0.3) is 11.3 Å². The molecule has 188 valence electrons. The Labute approximate surface area is 202 Å². The average Bonchev–Trinajstić information content (AvgIpc) is 3.11. The van der Waals surface area contributed by atoms with Crippen LogP contribution >= 0.6 is 0 Å². The highest BCUT2D eigenvalue weighted by molar-refractivity contribution is 6.01. The summed E-state index contributed by atoms with van der Waals surface area (Å²) in [6.45, 7) is 2.26. The molecule has 6 rings (SSSR count). The number of primary amides is 1. The largest absolute Gasteiger partial charge is 0.369 e. The summed E-state index contributed by atoms with van der Waals surface area (Å²) in [6.07, 6.45) is 5.52. The monoisotopic (exact) mass is 487 g/mol. The summed E-state index contributed by atoms with van der Waals surface area (Å²) in [5.74, 6) is -2.68. The Balaban J connectivity index is 1.49. The van der Waals surface area contributed by atoms with Gasteiger partial charge in [0.1, 0.15) is 0 Å². The second kappa shape index (κ2) is 8.83. The summed E-state index contributed by atoms with van der Waals surface area (Å²) in [4.78, 5) is 27.4. The van der Waals surface area contributed by atoms with Crippen molar-refractivity contribution in [3.63, 3.8) is 0 Å². The molecule has 3 heterocycles. The van der Waals surface area contributed by atoms with Gasteiger partial charge in [0, 0.05) is 56.7 Å². The number of alkyl halides is 2. The van der Waals surface area contributed by atoms with Crippen LogP contribution in [0.2, 0.25) is 0 Å². The van der Waals surface area contributed by atoms with Crippen molar-refractivity contribution in [1.82, 2.24) is 25.3 Å². The maximum absolute atomic E-state index is 14.0. The molecule has 2 aromatic rings. The quantitative estimate of drug-likeness (QED) is 0.669. The fraction of sp³-hybridized carbons (Fsp3) is 0.625. The van der Waals surface area contributed by atoms with E-state index in [2.05, 4.69) is 20.6 Å². The minimum Gasteiger partial charge on any atom is -0.369 e. The summed E-state index contributed by atoms with van der Waals surface area (Å²) in [5.41, 5.74) is 7.80. The molecule has 2 amide bonds. The Bertz CT molecular complexity index is 1140. The molecule has 2 atom stereocenters. The zero-order chi connectivity index (χ0) is 24.9. The number of hydrogen-bond donors (Lipinski definition) is 2. The maximum Gasteiger partial charge on any atom is 0.255 e. The van der Waals surface area contributed by atoms with Gasteiger partial charge >= 0.3 is 0 Å². The molecule has 2 bridgehead atoms. The lowest BCUT2D eigenvalue weighted by Crippen LogP contribution is -2.56. The van der Waals surface area contributed by atoms with Gasteiger partial charge in [-0.25, -0.2) is 8.78 Å². The number of hydrogen-bond acceptors (Lipinski definition) is 6. The molecule has 4 aliphatic rings. The van der Waals surface area contributed by atoms with Gasteiger partial charge < -0.3 is 16.0 Å². The lowest BCUT2D eigenvalue weighted by Gasteiger charge is -2.50. The van der Waals surface area contributed by atoms with Gasteiger partial charge in [0.15, 0.2) is 5.82 Å². The highest BCUT2D eigenvalue weighted by Gasteiger charge is 2.48. The van der Waals surface area contributed by atoms with Gasteiger partial charge in [0.2, 0.25) is 11.8 Å². The highest BCUT2D eigenvalue weighted by Crippen LogP contribution is 2.49. The van der Waals surface area contributed by atoms with Crippen molar-refractivity contribution in [2.45, 2.75) is 57.4 Å². The van der Waals surface area contributed by atoms with Gasteiger partial charge in [-0.05, 0) is 50.0 Å². The summed E-state index contributed by atoms with van der Waals surface area (Å²) in [7, 11) is 1.79. The fourth-order valence-corrected chi connectivity index (χ4v) is 5.89. The molecule has 0 radical (unpaired) electrons. The van der Waals surface area contributed by atoms with Crippen LogP contribution in [0.5, 0.6) is 0 Å². The number of carbonyl (C=O) groups excluding carboxylic acids is 2. The van der Waals surface area contributed by atoms with E-state index in [1.54, 1.807) is 35.9 Å². The molecule has 3 saturated carbocycles. The van der Waals surface area contributed by atoms with Crippen LogP contribution in [-0.4, -0.2) is 56.8 Å². The van der Waals surface area contributed by atoms with Crippen LogP contribution in [0.3, 0.4) is 0 Å². The van der Waals surface area contributed by atoms with Crippen LogP contribution in [-0.2, 0) is 11.8 Å². The number of nitrogens with two attached hydrogens (primary N) is 1. The van der Waals surface area contributed by atoms with Gasteiger partial charge in [-0.1, -0.05) is 0 Å². The average molecular weight is 488 g/mol. The first-order chi connectivity index (χ1) is 16.6. The molecule has 1 saturated heterocycles. The third-order valence-electron chi connectivity index (χ3n) is 7.96. The zero-order valence-electron chi connectivity index (χ0n) is 20.0. The molecule has 0 aromatic carbocycles. The second-order valence-corrected chi connectivity index (χ2v) is 10.3. The van der Waals surface area contributed by atoms with E-state index in [1.165, 1.54) is 0 Å². The predicted octanol–water partition coefficient (Wildman–Crippen LogP) is 2.44. The van der Waals surface area contributed by atoms with Crippen molar-refractivity contribution in [3.05, 3.63) is 23.5 Å². The molecule has 1 aliphatic heterocycles. The second-order valence-electron chi connectivity index (χ2n) is 10.3. The number of aromatic nitrogens is 4. The van der Waals surface area contributed by atoms with Crippen LogP contribution < -0.4 is 16.0 Å². The number of rotatable bonds is 5. The number of halogens is 2.